The molecule has 0 amide bonds. The van der Waals surface area contributed by atoms with Crippen molar-refractivity contribution in [2.45, 2.75) is 25.6 Å². The number of hydrogen-bond acceptors (Lipinski definition) is 4. The van der Waals surface area contributed by atoms with Crippen LogP contribution in [-0.4, -0.2) is 60.0 Å². The summed E-state index contributed by atoms with van der Waals surface area (Å²) in [5, 5.41) is 9.11. The van der Waals surface area contributed by atoms with E-state index < -0.39 is 0 Å². The van der Waals surface area contributed by atoms with Crippen molar-refractivity contribution in [1.29, 1.82) is 0 Å². The van der Waals surface area contributed by atoms with Crippen molar-refractivity contribution >= 4 is 11.8 Å². The third-order valence-electron chi connectivity index (χ3n) is 2.37. The maximum absolute atomic E-state index is 9.11. The first-order chi connectivity index (χ1) is 6.57. The highest BCUT2D eigenvalue weighted by Crippen LogP contribution is 2.20. The third kappa shape index (κ3) is 3.77. The molecule has 0 bridgehead atoms. The van der Waals surface area contributed by atoms with Gasteiger partial charge in [0.2, 0.25) is 0 Å². The van der Waals surface area contributed by atoms with Gasteiger partial charge in [0.15, 0.2) is 0 Å². The smallest absolute Gasteiger partial charge is 0.0940 e. The molecule has 0 aliphatic carbocycles. The fraction of sp³-hybridized carbons (Fsp3) is 1.00. The van der Waals surface area contributed by atoms with Crippen LogP contribution >= 0.6 is 11.8 Å². The summed E-state index contributed by atoms with van der Waals surface area (Å²) in [7, 11) is 0. The topological polar surface area (TPSA) is 32.7 Å². The van der Waals surface area contributed by atoms with Crippen molar-refractivity contribution in [1.82, 2.24) is 4.90 Å². The average molecular weight is 219 g/mol. The lowest BCUT2D eigenvalue weighted by Gasteiger charge is -2.42. The third-order valence-corrected chi connectivity index (χ3v) is 2.96. The average Bonchev–Trinajstić information content (AvgIpc) is 2.12. The Morgan fingerprint density at radius 2 is 2.29 bits per heavy atom. The second-order valence-electron chi connectivity index (χ2n) is 4.41. The normalized spacial score (nSPS) is 27.9. The van der Waals surface area contributed by atoms with Crippen LogP contribution in [0.5, 0.6) is 0 Å². The molecular formula is C10H21NO2S. The van der Waals surface area contributed by atoms with Gasteiger partial charge in [0, 0.05) is 25.4 Å². The highest BCUT2D eigenvalue weighted by Gasteiger charge is 2.32. The number of aliphatic hydroxyl groups excluding tert-OH is 1. The zero-order valence-corrected chi connectivity index (χ0v) is 10.1. The zero-order chi connectivity index (χ0) is 10.6. The maximum Gasteiger partial charge on any atom is 0.0940 e. The lowest BCUT2D eigenvalue weighted by molar-refractivity contribution is -0.147. The predicted molar refractivity (Wildman–Crippen MR) is 60.9 cm³/mol. The summed E-state index contributed by atoms with van der Waals surface area (Å²) in [4.78, 5) is 2.38. The Morgan fingerprint density at radius 3 is 2.86 bits per heavy atom. The van der Waals surface area contributed by atoms with Crippen LogP contribution in [0.3, 0.4) is 0 Å². The van der Waals surface area contributed by atoms with Gasteiger partial charge in [0.1, 0.15) is 0 Å². The minimum absolute atomic E-state index is 0.0133. The van der Waals surface area contributed by atoms with E-state index in [1.54, 1.807) is 0 Å². The van der Waals surface area contributed by atoms with E-state index in [0.717, 1.165) is 25.4 Å². The summed E-state index contributed by atoms with van der Waals surface area (Å²) in [5.74, 6) is 1.15. The molecule has 0 saturated carbocycles. The largest absolute Gasteiger partial charge is 0.394 e. The molecule has 14 heavy (non-hydrogen) atoms. The van der Waals surface area contributed by atoms with Gasteiger partial charge in [-0.25, -0.2) is 0 Å². The quantitative estimate of drug-likeness (QED) is 0.759. The first-order valence-electron chi connectivity index (χ1n) is 5.07. The SMILES string of the molecule is CSCCN1CC(CO)OC(C)(C)C1. The lowest BCUT2D eigenvalue weighted by atomic mass is 10.1. The Hall–Kier alpha value is 0.230. The highest BCUT2D eigenvalue weighted by molar-refractivity contribution is 7.98. The van der Waals surface area contributed by atoms with Crippen molar-refractivity contribution in [2.24, 2.45) is 0 Å². The standard InChI is InChI=1S/C10H21NO2S/c1-10(2)8-11(4-5-14-3)6-9(7-12)13-10/h9,12H,4-8H2,1-3H3. The van der Waals surface area contributed by atoms with E-state index in [1.807, 2.05) is 11.8 Å². The Kier molecular flexibility index (Phi) is 4.70. The van der Waals surface area contributed by atoms with Gasteiger partial charge in [-0.3, -0.25) is 4.90 Å². The number of morpholine rings is 1. The van der Waals surface area contributed by atoms with Gasteiger partial charge in [-0.15, -0.1) is 0 Å². The molecule has 1 atom stereocenters. The fourth-order valence-electron chi connectivity index (χ4n) is 1.90. The van der Waals surface area contributed by atoms with E-state index in [4.69, 9.17) is 9.84 Å². The Balaban J connectivity index is 2.43. The Labute approximate surface area is 90.8 Å². The predicted octanol–water partition coefficient (Wildman–Crippen LogP) is 0.821. The fourth-order valence-corrected chi connectivity index (χ4v) is 2.34. The molecule has 0 spiro atoms. The zero-order valence-electron chi connectivity index (χ0n) is 9.32. The van der Waals surface area contributed by atoms with Crippen LogP contribution < -0.4 is 0 Å². The molecule has 3 nitrogen and oxygen atoms in total. The number of ether oxygens (including phenoxy) is 1. The van der Waals surface area contributed by atoms with E-state index >= 15 is 0 Å². The Bertz CT molecular complexity index is 176. The van der Waals surface area contributed by atoms with Gasteiger partial charge in [-0.1, -0.05) is 0 Å². The molecule has 1 unspecified atom stereocenters. The van der Waals surface area contributed by atoms with Gasteiger partial charge < -0.3 is 9.84 Å². The molecule has 1 rings (SSSR count). The van der Waals surface area contributed by atoms with Crippen LogP contribution in [-0.2, 0) is 4.74 Å². The summed E-state index contributed by atoms with van der Waals surface area (Å²) >= 11 is 1.86. The molecule has 1 saturated heterocycles. The summed E-state index contributed by atoms with van der Waals surface area (Å²) in [6.45, 7) is 7.20. The minimum atomic E-state index is -0.121. The number of rotatable bonds is 4. The van der Waals surface area contributed by atoms with E-state index in [-0.39, 0.29) is 18.3 Å². The van der Waals surface area contributed by atoms with Crippen LogP contribution in [0.2, 0.25) is 0 Å². The lowest BCUT2D eigenvalue weighted by Crippen LogP contribution is -2.54. The van der Waals surface area contributed by atoms with Crippen LogP contribution in [0.1, 0.15) is 13.8 Å². The number of nitrogens with zero attached hydrogens (tertiary/aromatic N) is 1. The summed E-state index contributed by atoms with van der Waals surface area (Å²) in [6.07, 6.45) is 2.11. The maximum atomic E-state index is 9.11. The molecule has 84 valence electrons. The molecule has 4 heteroatoms. The van der Waals surface area contributed by atoms with E-state index in [0.29, 0.717) is 0 Å². The molecule has 1 fully saturated rings. The van der Waals surface area contributed by atoms with Crippen LogP contribution in [0.25, 0.3) is 0 Å². The molecule has 1 aliphatic heterocycles. The van der Waals surface area contributed by atoms with Crippen LogP contribution in [0.15, 0.2) is 0 Å². The molecule has 0 aromatic rings. The Morgan fingerprint density at radius 1 is 1.57 bits per heavy atom. The molecule has 1 aliphatic rings. The van der Waals surface area contributed by atoms with Gasteiger partial charge >= 0.3 is 0 Å². The second kappa shape index (κ2) is 5.35. The van der Waals surface area contributed by atoms with Crippen molar-refractivity contribution in [3.8, 4) is 0 Å². The van der Waals surface area contributed by atoms with Crippen molar-refractivity contribution in [3.63, 3.8) is 0 Å². The molecule has 0 aromatic carbocycles. The van der Waals surface area contributed by atoms with Gasteiger partial charge in [0.05, 0.1) is 18.3 Å². The monoisotopic (exact) mass is 219 g/mol. The summed E-state index contributed by atoms with van der Waals surface area (Å²) in [6, 6.07) is 0. The molecular weight excluding hydrogens is 198 g/mol. The van der Waals surface area contributed by atoms with Crippen LogP contribution in [0.4, 0.5) is 0 Å². The minimum Gasteiger partial charge on any atom is -0.394 e. The van der Waals surface area contributed by atoms with E-state index in [1.165, 1.54) is 0 Å². The van der Waals surface area contributed by atoms with E-state index in [2.05, 4.69) is 25.0 Å². The van der Waals surface area contributed by atoms with Crippen molar-refractivity contribution < 1.29 is 9.84 Å². The second-order valence-corrected chi connectivity index (χ2v) is 5.40. The van der Waals surface area contributed by atoms with E-state index in [9.17, 15) is 0 Å². The summed E-state index contributed by atoms with van der Waals surface area (Å²) < 4.78 is 5.73. The molecule has 1 N–H and O–H groups in total. The van der Waals surface area contributed by atoms with Gasteiger partial charge in [-0.05, 0) is 20.1 Å². The first-order valence-corrected chi connectivity index (χ1v) is 6.47. The number of aliphatic hydroxyl groups is 1. The van der Waals surface area contributed by atoms with Gasteiger partial charge in [-0.2, -0.15) is 11.8 Å². The summed E-state index contributed by atoms with van der Waals surface area (Å²) in [5.41, 5.74) is -0.121. The highest BCUT2D eigenvalue weighted by atomic mass is 32.2. The molecule has 0 aromatic heterocycles. The number of thioether (sulfide) groups is 1. The van der Waals surface area contributed by atoms with Crippen molar-refractivity contribution in [3.05, 3.63) is 0 Å². The molecule has 0 radical (unpaired) electrons. The van der Waals surface area contributed by atoms with Crippen molar-refractivity contribution in [2.75, 3.05) is 38.2 Å². The first kappa shape index (κ1) is 12.3. The number of hydrogen-bond donors (Lipinski definition) is 1. The molecule has 1 heterocycles. The van der Waals surface area contributed by atoms with Gasteiger partial charge in [0.25, 0.3) is 0 Å². The van der Waals surface area contributed by atoms with Crippen LogP contribution in [0, 0.1) is 0 Å².